The zero-order valence-electron chi connectivity index (χ0n) is 13.3. The Bertz CT molecular complexity index is 741. The normalized spacial score (nSPS) is 11.0. The number of nitrogens with zero attached hydrogens (tertiary/aromatic N) is 2. The predicted molar refractivity (Wildman–Crippen MR) is 91.9 cm³/mol. The fourth-order valence-electron chi connectivity index (χ4n) is 1.85. The summed E-state index contributed by atoms with van der Waals surface area (Å²) in [4.78, 5) is 11.3. The smallest absolute Gasteiger partial charge is 0.344 e. The van der Waals surface area contributed by atoms with Crippen molar-refractivity contribution in [2.45, 2.75) is 6.92 Å². The molecule has 0 saturated carbocycles. The van der Waals surface area contributed by atoms with Gasteiger partial charge in [0.05, 0.1) is 19.0 Å². The Kier molecular flexibility index (Phi) is 6.52. The minimum Gasteiger partial charge on any atom is -0.507 e. The number of carbonyl (C=O) groups excluding carboxylic acids is 1. The molecule has 0 aliphatic heterocycles. The van der Waals surface area contributed by atoms with Crippen molar-refractivity contribution < 1.29 is 19.4 Å². The summed E-state index contributed by atoms with van der Waals surface area (Å²) in [5.41, 5.74) is 1.25. The molecule has 0 amide bonds. The molecule has 124 valence electrons. The van der Waals surface area contributed by atoms with Gasteiger partial charge in [0.15, 0.2) is 6.61 Å². The first-order valence-corrected chi connectivity index (χ1v) is 7.42. The van der Waals surface area contributed by atoms with Crippen LogP contribution in [0, 0.1) is 0 Å². The van der Waals surface area contributed by atoms with Gasteiger partial charge in [0.2, 0.25) is 0 Å². The van der Waals surface area contributed by atoms with Gasteiger partial charge >= 0.3 is 5.97 Å². The lowest BCUT2D eigenvalue weighted by Crippen LogP contribution is -2.15. The van der Waals surface area contributed by atoms with Crippen LogP contribution in [0.4, 0.5) is 0 Å². The molecule has 0 aromatic heterocycles. The lowest BCUT2D eigenvalue weighted by atomic mass is 10.2. The second-order valence-corrected chi connectivity index (χ2v) is 4.68. The van der Waals surface area contributed by atoms with E-state index in [0.717, 1.165) is 0 Å². The maximum absolute atomic E-state index is 11.3. The Hall–Kier alpha value is -3.15. The zero-order valence-corrected chi connectivity index (χ0v) is 13.3. The number of phenolic OH excluding ortho intramolecular Hbond substituents is 1. The number of esters is 1. The second-order valence-electron chi connectivity index (χ2n) is 4.68. The topological polar surface area (TPSA) is 80.5 Å². The van der Waals surface area contributed by atoms with E-state index in [9.17, 15) is 9.90 Å². The molecule has 0 spiro atoms. The van der Waals surface area contributed by atoms with Crippen molar-refractivity contribution in [3.05, 3.63) is 59.7 Å². The first-order chi connectivity index (χ1) is 11.7. The highest BCUT2D eigenvalue weighted by molar-refractivity contribution is 5.86. The highest BCUT2D eigenvalue weighted by Gasteiger charge is 2.05. The first kappa shape index (κ1) is 17.2. The van der Waals surface area contributed by atoms with Crippen LogP contribution in [-0.4, -0.2) is 36.7 Å². The molecule has 0 saturated heterocycles. The Morgan fingerprint density at radius 3 is 2.38 bits per heavy atom. The standard InChI is InChI=1S/C18H18N2O4/c1-2-23-18(22)13-24-17-10-6-4-8-15(17)12-20-19-11-14-7-3-5-9-16(14)21/h3-12,21H,2,13H2,1H3/b19-11+,20-12+. The number of phenols is 1. The number of benzene rings is 2. The van der Waals surface area contributed by atoms with E-state index in [-0.39, 0.29) is 12.4 Å². The van der Waals surface area contributed by atoms with E-state index in [1.54, 1.807) is 49.4 Å². The van der Waals surface area contributed by atoms with E-state index in [1.807, 2.05) is 6.07 Å². The van der Waals surface area contributed by atoms with Crippen LogP contribution in [0.1, 0.15) is 18.1 Å². The molecular formula is C18H18N2O4. The van der Waals surface area contributed by atoms with Crippen molar-refractivity contribution in [3.63, 3.8) is 0 Å². The third-order valence-corrected chi connectivity index (χ3v) is 2.97. The highest BCUT2D eigenvalue weighted by Crippen LogP contribution is 2.16. The number of aromatic hydroxyl groups is 1. The average molecular weight is 326 g/mol. The van der Waals surface area contributed by atoms with Crippen LogP contribution in [0.3, 0.4) is 0 Å². The van der Waals surface area contributed by atoms with Gasteiger partial charge in [-0.2, -0.15) is 10.2 Å². The summed E-state index contributed by atoms with van der Waals surface area (Å²) in [5.74, 6) is 0.212. The molecule has 6 heteroatoms. The van der Waals surface area contributed by atoms with E-state index >= 15 is 0 Å². The summed E-state index contributed by atoms with van der Waals surface area (Å²) < 4.78 is 10.2. The van der Waals surface area contributed by atoms with E-state index in [0.29, 0.717) is 23.5 Å². The molecule has 0 bridgehead atoms. The molecule has 0 fully saturated rings. The minimum absolute atomic E-state index is 0.134. The maximum atomic E-state index is 11.3. The lowest BCUT2D eigenvalue weighted by Gasteiger charge is -2.07. The molecule has 0 atom stereocenters. The number of rotatable bonds is 7. The molecule has 0 unspecified atom stereocenters. The van der Waals surface area contributed by atoms with E-state index in [1.165, 1.54) is 12.4 Å². The van der Waals surface area contributed by atoms with Gasteiger partial charge in [0.25, 0.3) is 0 Å². The Labute approximate surface area is 140 Å². The number of hydrogen-bond acceptors (Lipinski definition) is 6. The zero-order chi connectivity index (χ0) is 17.2. The van der Waals surface area contributed by atoms with Crippen molar-refractivity contribution in [1.29, 1.82) is 0 Å². The summed E-state index contributed by atoms with van der Waals surface area (Å²) in [6, 6.07) is 14.0. The van der Waals surface area contributed by atoms with Gasteiger partial charge in [0, 0.05) is 11.1 Å². The van der Waals surface area contributed by atoms with Gasteiger partial charge in [0.1, 0.15) is 11.5 Å². The Balaban J connectivity index is 2.01. The molecule has 0 aliphatic carbocycles. The fraction of sp³-hybridized carbons (Fsp3) is 0.167. The summed E-state index contributed by atoms with van der Waals surface area (Å²) in [6.07, 6.45) is 2.96. The number of ether oxygens (including phenoxy) is 2. The maximum Gasteiger partial charge on any atom is 0.344 e. The Morgan fingerprint density at radius 2 is 1.67 bits per heavy atom. The number of para-hydroxylation sites is 2. The third-order valence-electron chi connectivity index (χ3n) is 2.97. The van der Waals surface area contributed by atoms with Gasteiger partial charge in [-0.3, -0.25) is 0 Å². The molecule has 6 nitrogen and oxygen atoms in total. The quantitative estimate of drug-likeness (QED) is 0.482. The van der Waals surface area contributed by atoms with E-state index < -0.39 is 5.97 Å². The Morgan fingerprint density at radius 1 is 1.04 bits per heavy atom. The monoisotopic (exact) mass is 326 g/mol. The van der Waals surface area contributed by atoms with Crippen LogP contribution in [0.2, 0.25) is 0 Å². The van der Waals surface area contributed by atoms with Crippen LogP contribution in [0.25, 0.3) is 0 Å². The summed E-state index contributed by atoms with van der Waals surface area (Å²) in [7, 11) is 0. The van der Waals surface area contributed by atoms with Gasteiger partial charge in [-0.15, -0.1) is 0 Å². The van der Waals surface area contributed by atoms with Crippen LogP contribution >= 0.6 is 0 Å². The van der Waals surface area contributed by atoms with Gasteiger partial charge in [-0.25, -0.2) is 4.79 Å². The van der Waals surface area contributed by atoms with Crippen molar-refractivity contribution >= 4 is 18.4 Å². The predicted octanol–water partition coefficient (Wildman–Crippen LogP) is 2.79. The van der Waals surface area contributed by atoms with Crippen molar-refractivity contribution in [2.75, 3.05) is 13.2 Å². The second kappa shape index (κ2) is 9.09. The molecular weight excluding hydrogens is 308 g/mol. The van der Waals surface area contributed by atoms with Gasteiger partial charge in [-0.1, -0.05) is 24.3 Å². The number of carbonyl (C=O) groups is 1. The lowest BCUT2D eigenvalue weighted by molar-refractivity contribution is -0.145. The van der Waals surface area contributed by atoms with E-state index in [2.05, 4.69) is 10.2 Å². The molecule has 2 rings (SSSR count). The van der Waals surface area contributed by atoms with Crippen molar-refractivity contribution in [3.8, 4) is 11.5 Å². The molecule has 0 aliphatic rings. The average Bonchev–Trinajstić information content (AvgIpc) is 2.59. The van der Waals surface area contributed by atoms with Crippen molar-refractivity contribution in [1.82, 2.24) is 0 Å². The highest BCUT2D eigenvalue weighted by atomic mass is 16.6. The first-order valence-electron chi connectivity index (χ1n) is 7.42. The number of hydrogen-bond donors (Lipinski definition) is 1. The largest absolute Gasteiger partial charge is 0.507 e. The summed E-state index contributed by atoms with van der Waals surface area (Å²) in [6.45, 7) is 1.88. The molecule has 24 heavy (non-hydrogen) atoms. The van der Waals surface area contributed by atoms with Crippen LogP contribution in [-0.2, 0) is 9.53 Å². The molecule has 0 heterocycles. The van der Waals surface area contributed by atoms with Crippen LogP contribution in [0.15, 0.2) is 58.7 Å². The van der Waals surface area contributed by atoms with Gasteiger partial charge in [-0.05, 0) is 31.2 Å². The summed E-state index contributed by atoms with van der Waals surface area (Å²) in [5, 5.41) is 17.5. The van der Waals surface area contributed by atoms with Gasteiger partial charge < -0.3 is 14.6 Å². The molecule has 0 radical (unpaired) electrons. The third kappa shape index (κ3) is 5.24. The van der Waals surface area contributed by atoms with Crippen LogP contribution in [0.5, 0.6) is 11.5 Å². The fourth-order valence-corrected chi connectivity index (χ4v) is 1.85. The molecule has 2 aromatic rings. The summed E-state index contributed by atoms with van der Waals surface area (Å²) >= 11 is 0. The molecule has 2 aromatic carbocycles. The SMILES string of the molecule is CCOC(=O)COc1ccccc1/C=N/N=C/c1ccccc1O. The minimum atomic E-state index is -0.429. The van der Waals surface area contributed by atoms with Crippen molar-refractivity contribution in [2.24, 2.45) is 10.2 Å². The van der Waals surface area contributed by atoms with E-state index in [4.69, 9.17) is 9.47 Å². The van der Waals surface area contributed by atoms with Crippen LogP contribution < -0.4 is 4.74 Å². The molecule has 1 N–H and O–H groups in total.